The molecule has 0 amide bonds. The number of nitrogens with zero attached hydrogens (tertiary/aromatic N) is 3. The van der Waals surface area contributed by atoms with E-state index in [4.69, 9.17) is 0 Å². The Kier molecular flexibility index (Phi) is 6.33. The van der Waals surface area contributed by atoms with Gasteiger partial charge >= 0.3 is 0 Å². The van der Waals surface area contributed by atoms with Gasteiger partial charge in [0.1, 0.15) is 0 Å². The molecule has 112 valence electrons. The number of alkyl halides is 1. The molecule has 0 aliphatic carbocycles. The summed E-state index contributed by atoms with van der Waals surface area (Å²) in [6, 6.07) is 6.68. The summed E-state index contributed by atoms with van der Waals surface area (Å²) >= 11 is 7.17. The Morgan fingerprint density at radius 1 is 1.15 bits per heavy atom. The Morgan fingerprint density at radius 2 is 1.85 bits per heavy atom. The number of anilines is 1. The van der Waals surface area contributed by atoms with E-state index in [1.165, 1.54) is 22.3 Å². The Labute approximate surface area is 139 Å². The van der Waals surface area contributed by atoms with Gasteiger partial charge in [0, 0.05) is 54.8 Å². The van der Waals surface area contributed by atoms with Gasteiger partial charge in [-0.1, -0.05) is 37.9 Å². The van der Waals surface area contributed by atoms with Gasteiger partial charge in [-0.15, -0.1) is 0 Å². The largest absolute Gasteiger partial charge is 0.369 e. The molecule has 1 aliphatic heterocycles. The maximum atomic E-state index is 3.65. The molecule has 5 heteroatoms. The van der Waals surface area contributed by atoms with E-state index in [2.05, 4.69) is 78.9 Å². The first-order chi connectivity index (χ1) is 9.60. The number of hydrogen-bond donors (Lipinski definition) is 0. The van der Waals surface area contributed by atoms with Crippen molar-refractivity contribution in [2.45, 2.75) is 5.33 Å². The van der Waals surface area contributed by atoms with Gasteiger partial charge in [0.05, 0.1) is 0 Å². The summed E-state index contributed by atoms with van der Waals surface area (Å²) in [5.41, 5.74) is 2.63. The van der Waals surface area contributed by atoms with E-state index in [1.54, 1.807) is 0 Å². The molecule has 20 heavy (non-hydrogen) atoms. The maximum Gasteiger partial charge on any atom is 0.0378 e. The highest BCUT2D eigenvalue weighted by molar-refractivity contribution is 9.10. The molecule has 0 aromatic heterocycles. The van der Waals surface area contributed by atoms with Gasteiger partial charge < -0.3 is 9.80 Å². The second-order valence-corrected chi connectivity index (χ2v) is 6.96. The van der Waals surface area contributed by atoms with Crippen LogP contribution in [-0.2, 0) is 5.33 Å². The molecule has 1 fully saturated rings. The Balaban J connectivity index is 1.88. The van der Waals surface area contributed by atoms with Gasteiger partial charge in [0.2, 0.25) is 0 Å². The minimum Gasteiger partial charge on any atom is -0.369 e. The lowest BCUT2D eigenvalue weighted by molar-refractivity contribution is 0.229. The van der Waals surface area contributed by atoms with Crippen molar-refractivity contribution in [3.05, 3.63) is 28.2 Å². The zero-order valence-corrected chi connectivity index (χ0v) is 15.5. The van der Waals surface area contributed by atoms with Crippen LogP contribution >= 0.6 is 31.9 Å². The van der Waals surface area contributed by atoms with E-state index >= 15 is 0 Å². The number of hydrogen-bond acceptors (Lipinski definition) is 3. The van der Waals surface area contributed by atoms with Gasteiger partial charge in [0.15, 0.2) is 0 Å². The van der Waals surface area contributed by atoms with Crippen molar-refractivity contribution in [1.29, 1.82) is 0 Å². The quantitative estimate of drug-likeness (QED) is 0.698. The minimum atomic E-state index is 0.895. The van der Waals surface area contributed by atoms with Crippen LogP contribution < -0.4 is 4.90 Å². The van der Waals surface area contributed by atoms with Gasteiger partial charge in [-0.3, -0.25) is 4.90 Å². The number of halogens is 2. The molecule has 1 saturated heterocycles. The number of benzene rings is 1. The number of likely N-dealkylation sites (N-methyl/N-ethyl adjacent to an activating group) is 1. The van der Waals surface area contributed by atoms with E-state index in [0.29, 0.717) is 0 Å². The topological polar surface area (TPSA) is 9.72 Å². The average Bonchev–Trinajstić information content (AvgIpc) is 2.45. The van der Waals surface area contributed by atoms with E-state index in [0.717, 1.165) is 38.1 Å². The van der Waals surface area contributed by atoms with Crippen LogP contribution in [0.3, 0.4) is 0 Å². The third kappa shape index (κ3) is 4.45. The van der Waals surface area contributed by atoms with Crippen LogP contribution in [-0.4, -0.2) is 63.2 Å². The van der Waals surface area contributed by atoms with Crippen molar-refractivity contribution < 1.29 is 0 Å². The summed E-state index contributed by atoms with van der Waals surface area (Å²) in [6.45, 7) is 6.87. The molecule has 2 rings (SSSR count). The predicted molar refractivity (Wildman–Crippen MR) is 94.0 cm³/mol. The molecule has 0 unspecified atom stereocenters. The highest BCUT2D eigenvalue weighted by Crippen LogP contribution is 2.26. The molecule has 0 saturated carbocycles. The van der Waals surface area contributed by atoms with Crippen molar-refractivity contribution in [2.75, 3.05) is 58.3 Å². The van der Waals surface area contributed by atoms with E-state index in [1.807, 2.05) is 0 Å². The Hall–Kier alpha value is -0.100. The second-order valence-electron chi connectivity index (χ2n) is 5.54. The van der Waals surface area contributed by atoms with E-state index < -0.39 is 0 Å². The lowest BCUT2D eigenvalue weighted by atomic mass is 10.2. The molecule has 1 aromatic carbocycles. The fourth-order valence-electron chi connectivity index (χ4n) is 2.41. The van der Waals surface area contributed by atoms with Gasteiger partial charge in [-0.25, -0.2) is 0 Å². The van der Waals surface area contributed by atoms with Crippen LogP contribution in [0.1, 0.15) is 5.56 Å². The third-order valence-corrected chi connectivity index (χ3v) is 5.12. The second kappa shape index (κ2) is 7.78. The van der Waals surface area contributed by atoms with E-state index in [-0.39, 0.29) is 0 Å². The number of piperazine rings is 1. The van der Waals surface area contributed by atoms with Crippen molar-refractivity contribution in [3.8, 4) is 0 Å². The monoisotopic (exact) mass is 403 g/mol. The molecular weight excluding hydrogens is 382 g/mol. The normalized spacial score (nSPS) is 16.9. The molecule has 3 nitrogen and oxygen atoms in total. The molecule has 0 spiro atoms. The Bertz CT molecular complexity index is 429. The zero-order chi connectivity index (χ0) is 14.5. The maximum absolute atomic E-state index is 3.65. The SMILES string of the molecule is CN(C)CCN1CCN(c2ccc(CBr)c(Br)c2)CC1. The molecule has 0 atom stereocenters. The van der Waals surface area contributed by atoms with Crippen LogP contribution in [0, 0.1) is 0 Å². The van der Waals surface area contributed by atoms with Gasteiger partial charge in [-0.05, 0) is 31.8 Å². The summed E-state index contributed by atoms with van der Waals surface area (Å²) in [5.74, 6) is 0. The van der Waals surface area contributed by atoms with Crippen molar-refractivity contribution in [3.63, 3.8) is 0 Å². The standard InChI is InChI=1S/C15H23Br2N3/c1-18(2)5-6-19-7-9-20(10-8-19)14-4-3-13(12-16)15(17)11-14/h3-4,11H,5-10,12H2,1-2H3. The van der Waals surface area contributed by atoms with Gasteiger partial charge in [0.25, 0.3) is 0 Å². The first-order valence-electron chi connectivity index (χ1n) is 7.06. The van der Waals surface area contributed by atoms with Crippen LogP contribution in [0.4, 0.5) is 5.69 Å². The fraction of sp³-hybridized carbons (Fsp3) is 0.600. The first kappa shape index (κ1) is 16.3. The smallest absolute Gasteiger partial charge is 0.0378 e. The predicted octanol–water partition coefficient (Wildman–Crippen LogP) is 3.03. The van der Waals surface area contributed by atoms with Crippen molar-refractivity contribution in [1.82, 2.24) is 9.80 Å². The summed E-state index contributed by atoms with van der Waals surface area (Å²) in [5, 5.41) is 0.895. The highest BCUT2D eigenvalue weighted by Gasteiger charge is 2.17. The van der Waals surface area contributed by atoms with Crippen LogP contribution in [0.5, 0.6) is 0 Å². The van der Waals surface area contributed by atoms with Crippen LogP contribution in [0.2, 0.25) is 0 Å². The first-order valence-corrected chi connectivity index (χ1v) is 8.98. The zero-order valence-electron chi connectivity index (χ0n) is 12.3. The molecular formula is C15H23Br2N3. The fourth-order valence-corrected chi connectivity index (χ4v) is 3.78. The summed E-state index contributed by atoms with van der Waals surface area (Å²) < 4.78 is 1.20. The van der Waals surface area contributed by atoms with Crippen LogP contribution in [0.15, 0.2) is 22.7 Å². The molecule has 0 bridgehead atoms. The summed E-state index contributed by atoms with van der Waals surface area (Å²) in [4.78, 5) is 7.29. The molecule has 1 aromatic rings. The molecule has 0 radical (unpaired) electrons. The van der Waals surface area contributed by atoms with E-state index in [9.17, 15) is 0 Å². The lowest BCUT2D eigenvalue weighted by Crippen LogP contribution is -2.48. The third-order valence-electron chi connectivity index (χ3n) is 3.78. The van der Waals surface area contributed by atoms with Crippen molar-refractivity contribution in [2.24, 2.45) is 0 Å². The lowest BCUT2D eigenvalue weighted by Gasteiger charge is -2.36. The molecule has 1 aliphatic rings. The van der Waals surface area contributed by atoms with Crippen molar-refractivity contribution >= 4 is 37.5 Å². The number of rotatable bonds is 5. The van der Waals surface area contributed by atoms with Gasteiger partial charge in [-0.2, -0.15) is 0 Å². The molecule has 0 N–H and O–H groups in total. The van der Waals surface area contributed by atoms with Crippen LogP contribution in [0.25, 0.3) is 0 Å². The Morgan fingerprint density at radius 3 is 2.40 bits per heavy atom. The summed E-state index contributed by atoms with van der Waals surface area (Å²) in [7, 11) is 4.28. The summed E-state index contributed by atoms with van der Waals surface area (Å²) in [6.07, 6.45) is 0. The molecule has 1 heterocycles. The minimum absolute atomic E-state index is 0.895. The average molecular weight is 405 g/mol. The highest BCUT2D eigenvalue weighted by atomic mass is 79.9.